The third-order valence-corrected chi connectivity index (χ3v) is 6.35. The molecule has 1 aliphatic rings. The van der Waals surface area contributed by atoms with Crippen molar-refractivity contribution < 1.29 is 9.18 Å². The molecule has 0 radical (unpaired) electrons. The number of anilines is 1. The number of nitrogens with zero attached hydrogens (tertiary/aromatic N) is 3. The first-order valence-electron chi connectivity index (χ1n) is 9.86. The van der Waals surface area contributed by atoms with Crippen molar-refractivity contribution in [1.82, 2.24) is 9.88 Å². The summed E-state index contributed by atoms with van der Waals surface area (Å²) < 4.78 is 13.4. The van der Waals surface area contributed by atoms with E-state index in [4.69, 9.17) is 0 Å². The second-order valence-electron chi connectivity index (χ2n) is 7.41. The molecule has 6 heteroatoms. The lowest BCUT2D eigenvalue weighted by molar-refractivity contribution is -0.131. The number of carbonyl (C=O) groups is 1. The molecule has 2 aromatic carbocycles. The number of benzene rings is 2. The van der Waals surface area contributed by atoms with E-state index in [9.17, 15) is 9.18 Å². The summed E-state index contributed by atoms with van der Waals surface area (Å²) in [5.41, 5.74) is 2.69. The fourth-order valence-electron chi connectivity index (χ4n) is 3.77. The number of para-hydroxylation sites is 1. The van der Waals surface area contributed by atoms with E-state index in [0.29, 0.717) is 0 Å². The number of likely N-dealkylation sites (N-methyl/N-ethyl adjacent to an activating group) is 1. The average Bonchev–Trinajstić information content (AvgIpc) is 3.22. The number of halogens is 1. The molecular formula is C23H24FN3OS. The monoisotopic (exact) mass is 409 g/mol. The lowest BCUT2D eigenvalue weighted by Crippen LogP contribution is -2.49. The highest BCUT2D eigenvalue weighted by molar-refractivity contribution is 7.13. The van der Waals surface area contributed by atoms with Gasteiger partial charge in [0.1, 0.15) is 10.8 Å². The van der Waals surface area contributed by atoms with Gasteiger partial charge in [0.25, 0.3) is 0 Å². The van der Waals surface area contributed by atoms with Gasteiger partial charge in [-0.1, -0.05) is 30.3 Å². The molecule has 0 N–H and O–H groups in total. The number of carbonyl (C=O) groups excluding carboxylic acids is 1. The summed E-state index contributed by atoms with van der Waals surface area (Å²) in [4.78, 5) is 21.6. The second kappa shape index (κ2) is 8.74. The molecule has 1 unspecified atom stereocenters. The number of amides is 1. The van der Waals surface area contributed by atoms with Crippen LogP contribution in [-0.4, -0.2) is 42.0 Å². The molecule has 1 amide bonds. The number of aromatic nitrogens is 1. The van der Waals surface area contributed by atoms with Crippen LogP contribution in [0, 0.1) is 5.82 Å². The van der Waals surface area contributed by atoms with Gasteiger partial charge in [-0.3, -0.25) is 4.79 Å². The normalized spacial score (nSPS) is 16.6. The van der Waals surface area contributed by atoms with Gasteiger partial charge in [-0.15, -0.1) is 11.3 Å². The Morgan fingerprint density at radius 2 is 2.07 bits per heavy atom. The smallest absolute Gasteiger partial charge is 0.228 e. The van der Waals surface area contributed by atoms with Gasteiger partial charge in [-0.05, 0) is 37.1 Å². The van der Waals surface area contributed by atoms with Crippen LogP contribution in [0.1, 0.15) is 18.5 Å². The van der Waals surface area contributed by atoms with Crippen LogP contribution in [0.5, 0.6) is 0 Å². The van der Waals surface area contributed by atoms with Crippen molar-refractivity contribution in [3.63, 3.8) is 0 Å². The van der Waals surface area contributed by atoms with E-state index in [0.717, 1.165) is 42.2 Å². The van der Waals surface area contributed by atoms with E-state index >= 15 is 0 Å². The summed E-state index contributed by atoms with van der Waals surface area (Å²) in [7, 11) is 1.89. The lowest BCUT2D eigenvalue weighted by Gasteiger charge is -2.38. The van der Waals surface area contributed by atoms with Crippen LogP contribution in [0.25, 0.3) is 10.6 Å². The molecule has 1 aliphatic heterocycles. The zero-order chi connectivity index (χ0) is 20.2. The fraction of sp³-hybridized carbons (Fsp3) is 0.304. The molecule has 3 aromatic rings. The molecule has 1 saturated heterocycles. The van der Waals surface area contributed by atoms with Crippen molar-refractivity contribution in [3.05, 3.63) is 71.5 Å². The quantitative estimate of drug-likeness (QED) is 0.617. The average molecular weight is 410 g/mol. The minimum atomic E-state index is -0.282. The molecule has 1 fully saturated rings. The van der Waals surface area contributed by atoms with Crippen LogP contribution in [0.3, 0.4) is 0 Å². The van der Waals surface area contributed by atoms with Crippen LogP contribution in [0.15, 0.2) is 60.0 Å². The SMILES string of the molecule is CN(C(=O)Cc1csc(-c2cccc(F)c2)n1)C1CCCN(c2ccccc2)C1. The molecule has 2 heterocycles. The Bertz CT molecular complexity index is 975. The third-order valence-electron chi connectivity index (χ3n) is 5.41. The van der Waals surface area contributed by atoms with Gasteiger partial charge in [0.15, 0.2) is 0 Å². The van der Waals surface area contributed by atoms with E-state index in [2.05, 4.69) is 22.0 Å². The maximum absolute atomic E-state index is 13.4. The standard InChI is InChI=1S/C23H24FN3OS/c1-26(21-11-6-12-27(15-21)20-9-3-2-4-10-20)22(28)14-19-16-29-23(25-19)17-7-5-8-18(24)13-17/h2-5,7-10,13,16,21H,6,11-12,14-15H2,1H3. The molecule has 0 saturated carbocycles. The maximum Gasteiger partial charge on any atom is 0.228 e. The van der Waals surface area contributed by atoms with E-state index in [1.54, 1.807) is 6.07 Å². The minimum Gasteiger partial charge on any atom is -0.369 e. The summed E-state index contributed by atoms with van der Waals surface area (Å²) in [6.07, 6.45) is 2.35. The Balaban J connectivity index is 1.39. The number of rotatable bonds is 5. The molecule has 4 rings (SSSR count). The molecule has 150 valence electrons. The van der Waals surface area contributed by atoms with Crippen LogP contribution in [-0.2, 0) is 11.2 Å². The van der Waals surface area contributed by atoms with Gasteiger partial charge >= 0.3 is 0 Å². The molecule has 0 aliphatic carbocycles. The van der Waals surface area contributed by atoms with E-state index in [-0.39, 0.29) is 24.2 Å². The van der Waals surface area contributed by atoms with Crippen molar-refractivity contribution in [1.29, 1.82) is 0 Å². The van der Waals surface area contributed by atoms with Crippen LogP contribution in [0.2, 0.25) is 0 Å². The Morgan fingerprint density at radius 1 is 1.24 bits per heavy atom. The summed E-state index contributed by atoms with van der Waals surface area (Å²) in [6, 6.07) is 16.9. The Hall–Kier alpha value is -2.73. The first-order chi connectivity index (χ1) is 14.1. The third kappa shape index (κ3) is 4.65. The van der Waals surface area contributed by atoms with Crippen molar-refractivity contribution in [2.45, 2.75) is 25.3 Å². The highest BCUT2D eigenvalue weighted by Gasteiger charge is 2.26. The summed E-state index contributed by atoms with van der Waals surface area (Å²) in [5.74, 6) is -0.212. The largest absolute Gasteiger partial charge is 0.369 e. The maximum atomic E-state index is 13.4. The van der Waals surface area contributed by atoms with Gasteiger partial charge in [0.05, 0.1) is 12.1 Å². The summed E-state index contributed by atoms with van der Waals surface area (Å²) in [6.45, 7) is 1.86. The predicted octanol–water partition coefficient (Wildman–Crippen LogP) is 4.62. The van der Waals surface area contributed by atoms with Gasteiger partial charge in [0.2, 0.25) is 5.91 Å². The highest BCUT2D eigenvalue weighted by atomic mass is 32.1. The Labute approximate surface area is 174 Å². The number of thiazole rings is 1. The van der Waals surface area contributed by atoms with Crippen LogP contribution >= 0.6 is 11.3 Å². The number of piperidine rings is 1. The van der Waals surface area contributed by atoms with E-state index in [1.807, 2.05) is 41.6 Å². The molecule has 29 heavy (non-hydrogen) atoms. The van der Waals surface area contributed by atoms with Crippen LogP contribution < -0.4 is 4.90 Å². The van der Waals surface area contributed by atoms with E-state index in [1.165, 1.54) is 29.2 Å². The zero-order valence-electron chi connectivity index (χ0n) is 16.4. The van der Waals surface area contributed by atoms with Gasteiger partial charge in [-0.25, -0.2) is 9.37 Å². The number of hydrogen-bond donors (Lipinski definition) is 0. The second-order valence-corrected chi connectivity index (χ2v) is 8.27. The Kier molecular flexibility index (Phi) is 5.90. The first-order valence-corrected chi connectivity index (χ1v) is 10.7. The van der Waals surface area contributed by atoms with Gasteiger partial charge in [-0.2, -0.15) is 0 Å². The molecule has 1 aromatic heterocycles. The highest BCUT2D eigenvalue weighted by Crippen LogP contribution is 2.25. The lowest BCUT2D eigenvalue weighted by atomic mass is 10.0. The fourth-order valence-corrected chi connectivity index (χ4v) is 4.59. The summed E-state index contributed by atoms with van der Waals surface area (Å²) in [5, 5.41) is 2.63. The summed E-state index contributed by atoms with van der Waals surface area (Å²) >= 11 is 1.44. The van der Waals surface area contributed by atoms with Gasteiger partial charge < -0.3 is 9.80 Å². The Morgan fingerprint density at radius 3 is 2.86 bits per heavy atom. The zero-order valence-corrected chi connectivity index (χ0v) is 17.2. The molecular weight excluding hydrogens is 385 g/mol. The minimum absolute atomic E-state index is 0.0704. The predicted molar refractivity (Wildman–Crippen MR) is 116 cm³/mol. The molecule has 0 bridgehead atoms. The van der Waals surface area contributed by atoms with Crippen molar-refractivity contribution in [2.24, 2.45) is 0 Å². The van der Waals surface area contributed by atoms with Gasteiger partial charge in [0, 0.05) is 42.8 Å². The van der Waals surface area contributed by atoms with Crippen molar-refractivity contribution >= 4 is 22.9 Å². The first kappa shape index (κ1) is 19.6. The molecule has 4 nitrogen and oxygen atoms in total. The molecule has 1 atom stereocenters. The topological polar surface area (TPSA) is 36.4 Å². The van der Waals surface area contributed by atoms with E-state index < -0.39 is 0 Å². The number of hydrogen-bond acceptors (Lipinski definition) is 4. The van der Waals surface area contributed by atoms with Crippen molar-refractivity contribution in [2.75, 3.05) is 25.0 Å². The molecule has 0 spiro atoms. The van der Waals surface area contributed by atoms with Crippen molar-refractivity contribution in [3.8, 4) is 10.6 Å². The van der Waals surface area contributed by atoms with Crippen LogP contribution in [0.4, 0.5) is 10.1 Å².